The van der Waals surface area contributed by atoms with Crippen LogP contribution in [0, 0.1) is 23.1 Å². The molecule has 0 N–H and O–H groups in total. The molecule has 2 aromatic rings. The first-order valence-corrected chi connectivity index (χ1v) is 8.87. The van der Waals surface area contributed by atoms with E-state index in [-0.39, 0.29) is 11.9 Å². The molecule has 2 unspecified atom stereocenters. The molecule has 0 spiro atoms. The summed E-state index contributed by atoms with van der Waals surface area (Å²) in [7, 11) is 0. The molecule has 128 valence electrons. The molecule has 2 aliphatic heterocycles. The van der Waals surface area contributed by atoms with Crippen LogP contribution in [0.1, 0.15) is 18.4 Å². The highest BCUT2D eigenvalue weighted by Crippen LogP contribution is 2.39. The van der Waals surface area contributed by atoms with Gasteiger partial charge in [0.05, 0.1) is 22.3 Å². The molecule has 1 aromatic carbocycles. The van der Waals surface area contributed by atoms with Gasteiger partial charge in [-0.3, -0.25) is 0 Å². The topological polar surface area (TPSA) is 43.2 Å². The predicted molar refractivity (Wildman–Crippen MR) is 96.4 cm³/mol. The van der Waals surface area contributed by atoms with E-state index >= 15 is 0 Å². The highest BCUT2D eigenvalue weighted by atomic mass is 35.5. The van der Waals surface area contributed by atoms with Gasteiger partial charge in [-0.1, -0.05) is 11.6 Å². The molecule has 2 aliphatic rings. The highest BCUT2D eigenvalue weighted by Gasteiger charge is 2.39. The number of benzene rings is 1. The van der Waals surface area contributed by atoms with E-state index in [0.717, 1.165) is 38.2 Å². The van der Waals surface area contributed by atoms with Crippen molar-refractivity contribution in [2.75, 3.05) is 29.4 Å². The van der Waals surface area contributed by atoms with Crippen LogP contribution in [0.5, 0.6) is 0 Å². The lowest BCUT2D eigenvalue weighted by molar-refractivity contribution is 0.386. The Morgan fingerprint density at radius 1 is 1.24 bits per heavy atom. The van der Waals surface area contributed by atoms with E-state index in [4.69, 9.17) is 16.9 Å². The summed E-state index contributed by atoms with van der Waals surface area (Å²) in [4.78, 5) is 8.57. The maximum Gasteiger partial charge on any atom is 0.165 e. The van der Waals surface area contributed by atoms with Crippen LogP contribution in [0.4, 0.5) is 15.9 Å². The quantitative estimate of drug-likeness (QED) is 0.819. The summed E-state index contributed by atoms with van der Waals surface area (Å²) in [6.45, 7) is 2.48. The minimum atomic E-state index is -0.276. The van der Waals surface area contributed by atoms with Crippen LogP contribution < -0.4 is 9.80 Å². The van der Waals surface area contributed by atoms with Crippen molar-refractivity contribution >= 4 is 23.1 Å². The molecule has 0 aliphatic carbocycles. The summed E-state index contributed by atoms with van der Waals surface area (Å²) in [5.41, 5.74) is 1.52. The molecule has 2 saturated heterocycles. The number of fused-ring (bicyclic) bond motifs is 1. The van der Waals surface area contributed by atoms with Gasteiger partial charge in [0.25, 0.3) is 0 Å². The Bertz CT molecular complexity index is 834. The summed E-state index contributed by atoms with van der Waals surface area (Å²) >= 11 is 6.42. The van der Waals surface area contributed by atoms with Crippen molar-refractivity contribution in [1.29, 1.82) is 5.26 Å². The first-order valence-electron chi connectivity index (χ1n) is 8.49. The van der Waals surface area contributed by atoms with Gasteiger partial charge in [0, 0.05) is 31.9 Å². The Morgan fingerprint density at radius 2 is 2.08 bits per heavy atom. The SMILES string of the molecule is N#Cc1ccc(N2CCC3CCN(c4ncccc4F)CC32)c(Cl)c1. The van der Waals surface area contributed by atoms with E-state index in [1.54, 1.807) is 24.4 Å². The lowest BCUT2D eigenvalue weighted by atomic mass is 9.92. The molecule has 2 atom stereocenters. The van der Waals surface area contributed by atoms with Crippen molar-refractivity contribution in [2.45, 2.75) is 18.9 Å². The van der Waals surface area contributed by atoms with Crippen LogP contribution in [-0.2, 0) is 0 Å². The fourth-order valence-electron chi connectivity index (χ4n) is 4.05. The molecule has 3 heterocycles. The zero-order valence-corrected chi connectivity index (χ0v) is 14.5. The van der Waals surface area contributed by atoms with Gasteiger partial charge in [-0.15, -0.1) is 0 Å². The standard InChI is InChI=1S/C19H18ClFN4/c20-15-10-13(11-22)3-4-17(15)25-9-6-14-5-8-24(12-18(14)25)19-16(21)2-1-7-23-19/h1-4,7,10,14,18H,5-6,8-9,12H2. The van der Waals surface area contributed by atoms with Gasteiger partial charge in [-0.2, -0.15) is 5.26 Å². The van der Waals surface area contributed by atoms with Crippen LogP contribution in [0.15, 0.2) is 36.5 Å². The Labute approximate surface area is 151 Å². The number of halogens is 2. The minimum Gasteiger partial charge on any atom is -0.365 e. The Balaban J connectivity index is 1.61. The summed E-state index contributed by atoms with van der Waals surface area (Å²) in [6, 6.07) is 10.9. The fraction of sp³-hybridized carbons (Fsp3) is 0.368. The molecule has 6 heteroatoms. The second-order valence-corrected chi connectivity index (χ2v) is 7.04. The van der Waals surface area contributed by atoms with Gasteiger partial charge in [-0.05, 0) is 49.1 Å². The van der Waals surface area contributed by atoms with Crippen molar-refractivity contribution in [3.05, 3.63) is 52.9 Å². The van der Waals surface area contributed by atoms with E-state index in [0.29, 0.717) is 22.3 Å². The van der Waals surface area contributed by atoms with Crippen molar-refractivity contribution < 1.29 is 4.39 Å². The van der Waals surface area contributed by atoms with Gasteiger partial charge in [0.15, 0.2) is 11.6 Å². The number of piperidine rings is 1. The lowest BCUT2D eigenvalue weighted by Crippen LogP contribution is -2.49. The van der Waals surface area contributed by atoms with Crippen LogP contribution >= 0.6 is 11.6 Å². The van der Waals surface area contributed by atoms with Crippen LogP contribution in [0.3, 0.4) is 0 Å². The van der Waals surface area contributed by atoms with E-state index in [1.165, 1.54) is 6.07 Å². The van der Waals surface area contributed by atoms with Gasteiger partial charge < -0.3 is 9.80 Å². The number of aromatic nitrogens is 1. The summed E-state index contributed by atoms with van der Waals surface area (Å²) < 4.78 is 14.1. The van der Waals surface area contributed by atoms with Crippen LogP contribution in [0.25, 0.3) is 0 Å². The molecule has 4 rings (SSSR count). The summed E-state index contributed by atoms with van der Waals surface area (Å²) in [5, 5.41) is 9.62. The molecule has 25 heavy (non-hydrogen) atoms. The van der Waals surface area contributed by atoms with Gasteiger partial charge in [0.1, 0.15) is 0 Å². The lowest BCUT2D eigenvalue weighted by Gasteiger charge is -2.40. The van der Waals surface area contributed by atoms with Crippen molar-refractivity contribution in [2.24, 2.45) is 5.92 Å². The third-order valence-electron chi connectivity index (χ3n) is 5.29. The van der Waals surface area contributed by atoms with Crippen molar-refractivity contribution in [3.63, 3.8) is 0 Å². The molecule has 0 amide bonds. The van der Waals surface area contributed by atoms with Crippen molar-refractivity contribution in [1.82, 2.24) is 4.98 Å². The van der Waals surface area contributed by atoms with E-state index in [1.807, 2.05) is 11.0 Å². The number of nitrogens with zero attached hydrogens (tertiary/aromatic N) is 4. The van der Waals surface area contributed by atoms with E-state index in [2.05, 4.69) is 16.0 Å². The Morgan fingerprint density at radius 3 is 2.84 bits per heavy atom. The second kappa shape index (κ2) is 6.53. The van der Waals surface area contributed by atoms with Gasteiger partial charge in [0.2, 0.25) is 0 Å². The Hall–Kier alpha value is -2.32. The zero-order valence-electron chi connectivity index (χ0n) is 13.7. The maximum atomic E-state index is 14.1. The Kier molecular flexibility index (Phi) is 4.22. The number of pyridine rings is 1. The number of nitriles is 1. The first-order chi connectivity index (χ1) is 12.2. The number of anilines is 2. The zero-order chi connectivity index (χ0) is 17.4. The average molecular weight is 357 g/mol. The monoisotopic (exact) mass is 356 g/mol. The molecule has 2 fully saturated rings. The number of rotatable bonds is 2. The third-order valence-corrected chi connectivity index (χ3v) is 5.59. The van der Waals surface area contributed by atoms with Crippen molar-refractivity contribution in [3.8, 4) is 6.07 Å². The fourth-order valence-corrected chi connectivity index (χ4v) is 4.34. The van der Waals surface area contributed by atoms with Gasteiger partial charge >= 0.3 is 0 Å². The molecule has 4 nitrogen and oxygen atoms in total. The molecule has 0 bridgehead atoms. The second-order valence-electron chi connectivity index (χ2n) is 6.63. The van der Waals surface area contributed by atoms with E-state index < -0.39 is 0 Å². The minimum absolute atomic E-state index is 0.276. The largest absolute Gasteiger partial charge is 0.365 e. The number of hydrogen-bond acceptors (Lipinski definition) is 4. The maximum absolute atomic E-state index is 14.1. The molecule has 1 aromatic heterocycles. The molecule has 0 saturated carbocycles. The molecular weight excluding hydrogens is 339 g/mol. The average Bonchev–Trinajstić information content (AvgIpc) is 3.05. The van der Waals surface area contributed by atoms with E-state index in [9.17, 15) is 4.39 Å². The predicted octanol–water partition coefficient (Wildman–Crippen LogP) is 3.85. The van der Waals surface area contributed by atoms with Gasteiger partial charge in [-0.25, -0.2) is 9.37 Å². The number of hydrogen-bond donors (Lipinski definition) is 0. The normalized spacial score (nSPS) is 22.6. The first kappa shape index (κ1) is 16.2. The molecular formula is C19H18ClFN4. The van der Waals surface area contributed by atoms with Crippen LogP contribution in [-0.4, -0.2) is 30.7 Å². The summed E-state index contributed by atoms with van der Waals surface area (Å²) in [6.07, 6.45) is 3.76. The van der Waals surface area contributed by atoms with Crippen LogP contribution in [0.2, 0.25) is 5.02 Å². The summed E-state index contributed by atoms with van der Waals surface area (Å²) in [5.74, 6) is 0.732. The molecule has 0 radical (unpaired) electrons. The smallest absolute Gasteiger partial charge is 0.165 e. The third kappa shape index (κ3) is 2.91. The highest BCUT2D eigenvalue weighted by molar-refractivity contribution is 6.33.